The molecular weight excluding hydrogens is 483 g/mol. The first kappa shape index (κ1) is 25.2. The molecule has 2 rings (SSSR count). The average molecular weight is 516 g/mol. The van der Waals surface area contributed by atoms with Gasteiger partial charge in [0, 0.05) is 32.9 Å². The Morgan fingerprint density at radius 2 is 2.00 bits per heavy atom. The third kappa shape index (κ3) is 8.17. The van der Waals surface area contributed by atoms with Gasteiger partial charge in [-0.15, -0.1) is 34.2 Å². The summed E-state index contributed by atoms with van der Waals surface area (Å²) in [4.78, 5) is 4.73. The topological polar surface area (TPSA) is 85.6 Å². The maximum absolute atomic E-state index is 5.76. The summed E-state index contributed by atoms with van der Waals surface area (Å²) in [5.74, 6) is 3.34. The van der Waals surface area contributed by atoms with Gasteiger partial charge in [-0.05, 0) is 38.8 Å². The Bertz CT molecular complexity index is 778. The van der Waals surface area contributed by atoms with Crippen LogP contribution in [0.2, 0.25) is 0 Å². The number of aromatic nitrogens is 3. The summed E-state index contributed by atoms with van der Waals surface area (Å²) < 4.78 is 12.8. The Labute approximate surface area is 190 Å². The van der Waals surface area contributed by atoms with Crippen molar-refractivity contribution >= 4 is 29.9 Å². The van der Waals surface area contributed by atoms with Crippen molar-refractivity contribution in [2.24, 2.45) is 12.0 Å². The molecule has 0 bridgehead atoms. The van der Waals surface area contributed by atoms with Crippen molar-refractivity contribution in [3.05, 3.63) is 41.0 Å². The molecular formula is C20H33IN6O2. The molecule has 0 unspecified atom stereocenters. The van der Waals surface area contributed by atoms with Crippen LogP contribution < -0.4 is 15.4 Å². The van der Waals surface area contributed by atoms with Crippen molar-refractivity contribution in [3.8, 4) is 5.75 Å². The fourth-order valence-electron chi connectivity index (χ4n) is 2.61. The van der Waals surface area contributed by atoms with Crippen LogP contribution in [0.3, 0.4) is 0 Å². The quantitative estimate of drug-likeness (QED) is 0.219. The highest BCUT2D eigenvalue weighted by molar-refractivity contribution is 14.0. The Kier molecular flexibility index (Phi) is 11.6. The highest BCUT2D eigenvalue weighted by atomic mass is 127. The van der Waals surface area contributed by atoms with Crippen molar-refractivity contribution in [2.45, 2.75) is 40.3 Å². The summed E-state index contributed by atoms with van der Waals surface area (Å²) in [6.07, 6.45) is 0.898. The summed E-state index contributed by atoms with van der Waals surface area (Å²) in [6.45, 7) is 9.14. The van der Waals surface area contributed by atoms with Crippen LogP contribution in [0.5, 0.6) is 5.75 Å². The zero-order valence-electron chi connectivity index (χ0n) is 18.0. The minimum atomic E-state index is 0. The van der Waals surface area contributed by atoms with E-state index in [1.165, 1.54) is 5.56 Å². The van der Waals surface area contributed by atoms with Crippen molar-refractivity contribution in [3.63, 3.8) is 0 Å². The molecule has 1 heterocycles. The minimum Gasteiger partial charge on any atom is -0.494 e. The Morgan fingerprint density at radius 3 is 2.66 bits per heavy atom. The van der Waals surface area contributed by atoms with E-state index in [2.05, 4.69) is 46.0 Å². The number of nitrogens with zero attached hydrogens (tertiary/aromatic N) is 4. The van der Waals surface area contributed by atoms with Crippen LogP contribution in [0.4, 0.5) is 0 Å². The molecule has 0 atom stereocenters. The van der Waals surface area contributed by atoms with Crippen LogP contribution in [-0.4, -0.2) is 47.6 Å². The molecule has 0 aliphatic rings. The van der Waals surface area contributed by atoms with Gasteiger partial charge in [0.25, 0.3) is 0 Å². The number of aliphatic imine (C=N–C) groups is 1. The molecule has 162 valence electrons. The molecule has 0 radical (unpaired) electrons. The van der Waals surface area contributed by atoms with E-state index in [1.54, 1.807) is 7.11 Å². The second kappa shape index (κ2) is 13.4. The molecule has 0 aliphatic heterocycles. The number of guanidine groups is 1. The van der Waals surface area contributed by atoms with E-state index in [-0.39, 0.29) is 24.0 Å². The monoisotopic (exact) mass is 516 g/mol. The van der Waals surface area contributed by atoms with Gasteiger partial charge in [-0.1, -0.05) is 12.1 Å². The van der Waals surface area contributed by atoms with Gasteiger partial charge in [0.05, 0.1) is 19.7 Å². The van der Waals surface area contributed by atoms with Crippen LogP contribution in [-0.2, 0) is 24.9 Å². The van der Waals surface area contributed by atoms with Crippen molar-refractivity contribution in [1.29, 1.82) is 0 Å². The number of ether oxygens (including phenoxy) is 2. The molecule has 8 nitrogen and oxygen atoms in total. The van der Waals surface area contributed by atoms with Crippen LogP contribution >= 0.6 is 24.0 Å². The van der Waals surface area contributed by atoms with Crippen LogP contribution in [0.15, 0.2) is 23.2 Å². The molecule has 9 heteroatoms. The molecule has 0 saturated carbocycles. The molecule has 2 aromatic rings. The second-order valence-corrected chi connectivity index (χ2v) is 6.56. The van der Waals surface area contributed by atoms with Gasteiger partial charge in [0.2, 0.25) is 0 Å². The molecule has 0 aliphatic carbocycles. The number of methoxy groups -OCH3 is 1. The first-order valence-electron chi connectivity index (χ1n) is 9.63. The van der Waals surface area contributed by atoms with Gasteiger partial charge in [0.15, 0.2) is 11.8 Å². The van der Waals surface area contributed by atoms with Crippen LogP contribution in [0.1, 0.15) is 36.1 Å². The van der Waals surface area contributed by atoms with E-state index in [1.807, 2.05) is 25.5 Å². The summed E-state index contributed by atoms with van der Waals surface area (Å²) in [5, 5.41) is 15.0. The molecule has 1 aromatic heterocycles. The molecule has 0 spiro atoms. The predicted molar refractivity (Wildman–Crippen MR) is 126 cm³/mol. The van der Waals surface area contributed by atoms with Crippen molar-refractivity contribution < 1.29 is 9.47 Å². The SMILES string of the molecule is CCOc1cc(C)ccc1CN=C(NCCCOC)NCc1nnc(C)n1C.I. The molecule has 0 fully saturated rings. The van der Waals surface area contributed by atoms with Crippen molar-refractivity contribution in [2.75, 3.05) is 26.9 Å². The highest BCUT2D eigenvalue weighted by Crippen LogP contribution is 2.21. The van der Waals surface area contributed by atoms with E-state index in [9.17, 15) is 0 Å². The largest absolute Gasteiger partial charge is 0.494 e. The lowest BCUT2D eigenvalue weighted by molar-refractivity contribution is 0.195. The first-order valence-corrected chi connectivity index (χ1v) is 9.63. The molecule has 2 N–H and O–H groups in total. The highest BCUT2D eigenvalue weighted by Gasteiger charge is 2.08. The smallest absolute Gasteiger partial charge is 0.191 e. The van der Waals surface area contributed by atoms with Gasteiger partial charge < -0.3 is 24.7 Å². The summed E-state index contributed by atoms with van der Waals surface area (Å²) in [6, 6.07) is 6.20. The molecule has 1 aromatic carbocycles. The molecule has 0 amide bonds. The number of hydrogen-bond acceptors (Lipinski definition) is 5. The lowest BCUT2D eigenvalue weighted by atomic mass is 10.1. The number of rotatable bonds is 10. The third-order valence-corrected chi connectivity index (χ3v) is 4.34. The predicted octanol–water partition coefficient (Wildman–Crippen LogP) is 2.72. The summed E-state index contributed by atoms with van der Waals surface area (Å²) in [7, 11) is 3.66. The van der Waals surface area contributed by atoms with Gasteiger partial charge >= 0.3 is 0 Å². The fraction of sp³-hybridized carbons (Fsp3) is 0.550. The lowest BCUT2D eigenvalue weighted by Crippen LogP contribution is -2.38. The zero-order chi connectivity index (χ0) is 20.4. The Balaban J connectivity index is 0.00000420. The van der Waals surface area contributed by atoms with Gasteiger partial charge in [-0.2, -0.15) is 0 Å². The summed E-state index contributed by atoms with van der Waals surface area (Å²) >= 11 is 0. The first-order chi connectivity index (χ1) is 13.5. The van der Waals surface area contributed by atoms with Gasteiger partial charge in [0.1, 0.15) is 11.6 Å². The number of hydrogen-bond donors (Lipinski definition) is 2. The third-order valence-electron chi connectivity index (χ3n) is 4.34. The van der Waals surface area contributed by atoms with E-state index in [0.29, 0.717) is 26.3 Å². The number of aryl methyl sites for hydroxylation is 2. The number of nitrogens with one attached hydrogen (secondary N) is 2. The van der Waals surface area contributed by atoms with Crippen LogP contribution in [0.25, 0.3) is 0 Å². The minimum absolute atomic E-state index is 0. The van der Waals surface area contributed by atoms with Crippen LogP contribution in [0, 0.1) is 13.8 Å². The average Bonchev–Trinajstić information content (AvgIpc) is 3.00. The molecule has 29 heavy (non-hydrogen) atoms. The fourth-order valence-corrected chi connectivity index (χ4v) is 2.61. The Morgan fingerprint density at radius 1 is 1.21 bits per heavy atom. The Hall–Kier alpha value is -1.88. The zero-order valence-corrected chi connectivity index (χ0v) is 20.3. The van der Waals surface area contributed by atoms with E-state index < -0.39 is 0 Å². The normalized spacial score (nSPS) is 11.1. The van der Waals surface area contributed by atoms with E-state index in [0.717, 1.165) is 41.9 Å². The maximum atomic E-state index is 5.76. The molecule has 0 saturated heterocycles. The maximum Gasteiger partial charge on any atom is 0.191 e. The van der Waals surface area contributed by atoms with E-state index in [4.69, 9.17) is 14.5 Å². The summed E-state index contributed by atoms with van der Waals surface area (Å²) in [5.41, 5.74) is 2.23. The van der Waals surface area contributed by atoms with E-state index >= 15 is 0 Å². The van der Waals surface area contributed by atoms with Gasteiger partial charge in [-0.3, -0.25) is 0 Å². The second-order valence-electron chi connectivity index (χ2n) is 6.56. The lowest BCUT2D eigenvalue weighted by Gasteiger charge is -2.14. The van der Waals surface area contributed by atoms with Gasteiger partial charge in [-0.25, -0.2) is 4.99 Å². The standard InChI is InChI=1S/C20H32N6O2.HI/c1-6-28-18-12-15(2)8-9-17(18)13-22-20(21-10-7-11-27-5)23-14-19-25-24-16(3)26(19)4;/h8-9,12H,6-7,10-11,13-14H2,1-5H3,(H2,21,22,23);1H. The van der Waals surface area contributed by atoms with Crippen molar-refractivity contribution in [1.82, 2.24) is 25.4 Å². The number of benzene rings is 1. The number of halogens is 1.